The summed E-state index contributed by atoms with van der Waals surface area (Å²) in [7, 11) is 1.58. The molecular weight excluding hydrogens is 294 g/mol. The number of H-pyrrole nitrogens is 1. The fourth-order valence-electron chi connectivity index (χ4n) is 2.43. The largest absolute Gasteiger partial charge is 0.480 e. The lowest BCUT2D eigenvalue weighted by Gasteiger charge is -2.07. The van der Waals surface area contributed by atoms with Crippen LogP contribution in [0, 0.1) is 0 Å². The van der Waals surface area contributed by atoms with Crippen LogP contribution < -0.4 is 10.5 Å². The first-order chi connectivity index (χ1) is 11.2. The van der Waals surface area contributed by atoms with Crippen LogP contribution in [0.15, 0.2) is 46.9 Å². The lowest BCUT2D eigenvalue weighted by Crippen LogP contribution is -1.92. The van der Waals surface area contributed by atoms with Crippen LogP contribution in [0.4, 0.5) is 5.95 Å². The van der Waals surface area contributed by atoms with Crippen LogP contribution in [0.3, 0.4) is 0 Å². The van der Waals surface area contributed by atoms with Gasteiger partial charge in [0, 0.05) is 5.39 Å². The van der Waals surface area contributed by atoms with Gasteiger partial charge >= 0.3 is 0 Å². The van der Waals surface area contributed by atoms with Gasteiger partial charge in [0.15, 0.2) is 11.6 Å². The third-order valence-electron chi connectivity index (χ3n) is 3.49. The van der Waals surface area contributed by atoms with E-state index in [-0.39, 0.29) is 5.95 Å². The molecule has 0 spiro atoms. The van der Waals surface area contributed by atoms with E-state index in [4.69, 9.17) is 14.9 Å². The number of furan rings is 1. The van der Waals surface area contributed by atoms with E-state index < -0.39 is 0 Å². The molecule has 0 radical (unpaired) electrons. The zero-order valence-electron chi connectivity index (χ0n) is 12.3. The highest BCUT2D eigenvalue weighted by Crippen LogP contribution is 2.34. The summed E-state index contributed by atoms with van der Waals surface area (Å²) in [6, 6.07) is 13.4. The number of nitrogens with one attached hydrogen (secondary N) is 1. The van der Waals surface area contributed by atoms with Crippen LogP contribution in [-0.2, 0) is 0 Å². The molecule has 7 heteroatoms. The Labute approximate surface area is 131 Å². The van der Waals surface area contributed by atoms with Crippen LogP contribution in [0.1, 0.15) is 0 Å². The Morgan fingerprint density at radius 1 is 1.09 bits per heavy atom. The highest BCUT2D eigenvalue weighted by Gasteiger charge is 2.15. The van der Waals surface area contributed by atoms with E-state index in [1.807, 2.05) is 36.4 Å². The summed E-state index contributed by atoms with van der Waals surface area (Å²) in [6.07, 6.45) is 0. The standard InChI is InChI=1S/C16H13N5O2/c1-22-15-10(8-9-4-2-3-5-11(9)18-15)12-6-7-13(23-12)14-19-16(17)21-20-14/h2-8H,1H3,(H3,17,19,20,21). The number of nitrogens with two attached hydrogens (primary N) is 1. The molecule has 0 atom stereocenters. The number of benzene rings is 1. The Balaban J connectivity index is 1.84. The van der Waals surface area contributed by atoms with E-state index in [2.05, 4.69) is 20.2 Å². The van der Waals surface area contributed by atoms with Crippen molar-refractivity contribution >= 4 is 16.9 Å². The maximum absolute atomic E-state index is 5.85. The van der Waals surface area contributed by atoms with Crippen LogP contribution in [0.5, 0.6) is 5.88 Å². The number of para-hydroxylation sites is 1. The van der Waals surface area contributed by atoms with Crippen molar-refractivity contribution in [3.8, 4) is 28.8 Å². The number of aromatic amines is 1. The molecule has 23 heavy (non-hydrogen) atoms. The molecule has 7 nitrogen and oxygen atoms in total. The molecule has 0 saturated carbocycles. The van der Waals surface area contributed by atoms with Crippen LogP contribution >= 0.6 is 0 Å². The fourth-order valence-corrected chi connectivity index (χ4v) is 2.43. The molecule has 3 N–H and O–H groups in total. The maximum atomic E-state index is 5.85. The van der Waals surface area contributed by atoms with Gasteiger partial charge in [0.1, 0.15) is 5.76 Å². The quantitative estimate of drug-likeness (QED) is 0.603. The summed E-state index contributed by atoms with van der Waals surface area (Å²) in [6.45, 7) is 0. The molecule has 3 heterocycles. The molecule has 4 rings (SSSR count). The Bertz CT molecular complexity index is 989. The number of aromatic nitrogens is 4. The fraction of sp³-hybridized carbons (Fsp3) is 0.0625. The third kappa shape index (κ3) is 2.28. The SMILES string of the molecule is COc1nc2ccccc2cc1-c1ccc(-c2nc(N)n[nH]2)o1. The van der Waals surface area contributed by atoms with Gasteiger partial charge in [0.2, 0.25) is 11.8 Å². The average Bonchev–Trinajstić information content (AvgIpc) is 3.22. The predicted molar refractivity (Wildman–Crippen MR) is 85.8 cm³/mol. The molecule has 0 bridgehead atoms. The van der Waals surface area contributed by atoms with Gasteiger partial charge in [0.05, 0.1) is 18.2 Å². The highest BCUT2D eigenvalue weighted by atomic mass is 16.5. The van der Waals surface area contributed by atoms with Crippen molar-refractivity contribution in [1.82, 2.24) is 20.2 Å². The molecule has 114 valence electrons. The molecule has 0 saturated heterocycles. The van der Waals surface area contributed by atoms with Gasteiger partial charge < -0.3 is 14.9 Å². The lowest BCUT2D eigenvalue weighted by atomic mass is 10.1. The normalized spacial score (nSPS) is 11.0. The van der Waals surface area contributed by atoms with Gasteiger partial charge in [-0.2, -0.15) is 4.98 Å². The molecule has 0 aliphatic heterocycles. The summed E-state index contributed by atoms with van der Waals surface area (Å²) < 4.78 is 11.3. The zero-order valence-corrected chi connectivity index (χ0v) is 12.3. The summed E-state index contributed by atoms with van der Waals surface area (Å²) in [5, 5.41) is 7.52. The van der Waals surface area contributed by atoms with Crippen molar-refractivity contribution in [2.75, 3.05) is 12.8 Å². The second-order valence-electron chi connectivity index (χ2n) is 4.94. The third-order valence-corrected chi connectivity index (χ3v) is 3.49. The van der Waals surface area contributed by atoms with Gasteiger partial charge in [-0.15, -0.1) is 5.10 Å². The molecule has 0 aliphatic carbocycles. The van der Waals surface area contributed by atoms with Gasteiger partial charge in [-0.1, -0.05) is 18.2 Å². The van der Waals surface area contributed by atoms with Gasteiger partial charge in [-0.05, 0) is 24.3 Å². The van der Waals surface area contributed by atoms with Crippen molar-refractivity contribution in [2.24, 2.45) is 0 Å². The van der Waals surface area contributed by atoms with E-state index >= 15 is 0 Å². The highest BCUT2D eigenvalue weighted by molar-refractivity contribution is 5.85. The minimum Gasteiger partial charge on any atom is -0.480 e. The smallest absolute Gasteiger partial charge is 0.239 e. The number of rotatable bonds is 3. The number of ether oxygens (including phenoxy) is 1. The monoisotopic (exact) mass is 307 g/mol. The number of anilines is 1. The first kappa shape index (κ1) is 13.3. The first-order valence-corrected chi connectivity index (χ1v) is 6.97. The maximum Gasteiger partial charge on any atom is 0.239 e. The number of fused-ring (bicyclic) bond motifs is 1. The molecule has 0 fully saturated rings. The van der Waals surface area contributed by atoms with E-state index in [9.17, 15) is 0 Å². The molecule has 4 aromatic rings. The Hall–Kier alpha value is -3.35. The van der Waals surface area contributed by atoms with E-state index in [1.165, 1.54) is 0 Å². The predicted octanol–water partition coefficient (Wildman–Crippen LogP) is 2.87. The van der Waals surface area contributed by atoms with Gasteiger partial charge in [0.25, 0.3) is 0 Å². The second-order valence-corrected chi connectivity index (χ2v) is 4.94. The molecule has 0 aliphatic rings. The van der Waals surface area contributed by atoms with Crippen molar-refractivity contribution in [3.05, 3.63) is 42.5 Å². The number of nitrogen functional groups attached to an aromatic ring is 1. The Kier molecular flexibility index (Phi) is 2.97. The number of pyridine rings is 1. The van der Waals surface area contributed by atoms with Gasteiger partial charge in [-0.3, -0.25) is 5.10 Å². The summed E-state index contributed by atoms with van der Waals surface area (Å²) in [5.74, 6) is 2.32. The molecule has 3 aromatic heterocycles. The molecule has 0 amide bonds. The van der Waals surface area contributed by atoms with Crippen molar-refractivity contribution < 1.29 is 9.15 Å². The lowest BCUT2D eigenvalue weighted by molar-refractivity contribution is 0.400. The molecule has 1 aromatic carbocycles. The minimum atomic E-state index is 0.169. The van der Waals surface area contributed by atoms with Crippen molar-refractivity contribution in [3.63, 3.8) is 0 Å². The number of hydrogen-bond acceptors (Lipinski definition) is 6. The first-order valence-electron chi connectivity index (χ1n) is 6.97. The minimum absolute atomic E-state index is 0.169. The molecular formula is C16H13N5O2. The topological polar surface area (TPSA) is 103 Å². The Morgan fingerprint density at radius 3 is 2.70 bits per heavy atom. The number of nitrogens with zero attached hydrogens (tertiary/aromatic N) is 3. The van der Waals surface area contributed by atoms with Gasteiger partial charge in [-0.25, -0.2) is 4.98 Å². The zero-order chi connectivity index (χ0) is 15.8. The van der Waals surface area contributed by atoms with E-state index in [0.717, 1.165) is 16.5 Å². The van der Waals surface area contributed by atoms with Crippen molar-refractivity contribution in [1.29, 1.82) is 0 Å². The van der Waals surface area contributed by atoms with E-state index in [0.29, 0.717) is 23.2 Å². The van der Waals surface area contributed by atoms with Crippen LogP contribution in [0.25, 0.3) is 33.8 Å². The Morgan fingerprint density at radius 2 is 1.91 bits per heavy atom. The summed E-state index contributed by atoms with van der Waals surface area (Å²) in [4.78, 5) is 8.57. The van der Waals surface area contributed by atoms with Crippen molar-refractivity contribution in [2.45, 2.75) is 0 Å². The number of methoxy groups -OCH3 is 1. The molecule has 0 unspecified atom stereocenters. The average molecular weight is 307 g/mol. The van der Waals surface area contributed by atoms with Crippen LogP contribution in [0.2, 0.25) is 0 Å². The summed E-state index contributed by atoms with van der Waals surface area (Å²) in [5.41, 5.74) is 7.15. The summed E-state index contributed by atoms with van der Waals surface area (Å²) >= 11 is 0. The van der Waals surface area contributed by atoms with Crippen LogP contribution in [-0.4, -0.2) is 27.3 Å². The number of hydrogen-bond donors (Lipinski definition) is 2. The second kappa shape index (κ2) is 5.13. The van der Waals surface area contributed by atoms with E-state index in [1.54, 1.807) is 13.2 Å².